The lowest BCUT2D eigenvalue weighted by Gasteiger charge is -2.24. The van der Waals surface area contributed by atoms with E-state index in [1.165, 1.54) is 19.3 Å². The summed E-state index contributed by atoms with van der Waals surface area (Å²) in [7, 11) is 0. The Bertz CT molecular complexity index is 174. The lowest BCUT2D eigenvalue weighted by molar-refractivity contribution is 0.454. The molecule has 0 aromatic heterocycles. The van der Waals surface area contributed by atoms with Gasteiger partial charge in [0.25, 0.3) is 0 Å². The topological polar surface area (TPSA) is 0 Å². The van der Waals surface area contributed by atoms with E-state index >= 15 is 0 Å². The minimum atomic E-state index is 0.463. The zero-order valence-corrected chi connectivity index (χ0v) is 8.86. The van der Waals surface area contributed by atoms with Gasteiger partial charge in [-0.2, -0.15) is 0 Å². The molecule has 0 aromatic carbocycles. The minimum Gasteiger partial charge on any atom is -0.0848 e. The van der Waals surface area contributed by atoms with Crippen molar-refractivity contribution < 1.29 is 0 Å². The van der Waals surface area contributed by atoms with Crippen LogP contribution in [0.2, 0.25) is 0 Å². The Balaban J connectivity index is 2.24. The van der Waals surface area contributed by atoms with E-state index in [0.717, 1.165) is 5.92 Å². The van der Waals surface area contributed by atoms with Gasteiger partial charge < -0.3 is 0 Å². The van der Waals surface area contributed by atoms with Gasteiger partial charge in [-0.15, -0.1) is 0 Å². The monoisotopic (exact) mass is 264 g/mol. The first-order valence-electron chi connectivity index (χ1n) is 3.70. The molecule has 0 aliphatic heterocycles. The maximum absolute atomic E-state index is 3.61. The molecule has 56 valence electrons. The molecule has 2 bridgehead atoms. The zero-order valence-electron chi connectivity index (χ0n) is 5.69. The lowest BCUT2D eigenvalue weighted by Crippen LogP contribution is -2.19. The van der Waals surface area contributed by atoms with E-state index in [4.69, 9.17) is 0 Å². The van der Waals surface area contributed by atoms with Gasteiger partial charge in [0.2, 0.25) is 0 Å². The number of halogens is 2. The number of rotatable bonds is 1. The van der Waals surface area contributed by atoms with Gasteiger partial charge >= 0.3 is 0 Å². The molecule has 0 saturated heterocycles. The van der Waals surface area contributed by atoms with E-state index in [-0.39, 0.29) is 0 Å². The Hall–Kier alpha value is 0.700. The Morgan fingerprint density at radius 1 is 1.50 bits per heavy atom. The fourth-order valence-corrected chi connectivity index (χ4v) is 3.20. The van der Waals surface area contributed by atoms with Crippen molar-refractivity contribution in [1.82, 2.24) is 0 Å². The number of hydrogen-bond donors (Lipinski definition) is 0. The molecular weight excluding hydrogens is 256 g/mol. The van der Waals surface area contributed by atoms with E-state index in [1.807, 2.05) is 0 Å². The van der Waals surface area contributed by atoms with Crippen LogP contribution in [0.4, 0.5) is 0 Å². The summed E-state index contributed by atoms with van der Waals surface area (Å²) in [6.07, 6.45) is 8.86. The van der Waals surface area contributed by atoms with Crippen LogP contribution < -0.4 is 0 Å². The molecule has 1 saturated carbocycles. The molecular formula is C8H10Br2. The van der Waals surface area contributed by atoms with Gasteiger partial charge in [0.05, 0.1) is 3.74 Å². The molecule has 2 rings (SSSR count). The highest BCUT2D eigenvalue weighted by Crippen LogP contribution is 2.54. The fraction of sp³-hybridized carbons (Fsp3) is 0.750. The van der Waals surface area contributed by atoms with Gasteiger partial charge in [-0.25, -0.2) is 0 Å². The first-order chi connectivity index (χ1) is 4.73. The van der Waals surface area contributed by atoms with Crippen molar-refractivity contribution in [2.75, 3.05) is 0 Å². The van der Waals surface area contributed by atoms with Crippen molar-refractivity contribution in [1.29, 1.82) is 0 Å². The largest absolute Gasteiger partial charge is 0.0848 e. The van der Waals surface area contributed by atoms with Crippen molar-refractivity contribution in [3.05, 3.63) is 12.2 Å². The Kier molecular flexibility index (Phi) is 1.72. The molecule has 1 fully saturated rings. The smallest absolute Gasteiger partial charge is 0.0788 e. The van der Waals surface area contributed by atoms with Gasteiger partial charge in [-0.3, -0.25) is 0 Å². The van der Waals surface area contributed by atoms with Gasteiger partial charge in [-0.1, -0.05) is 44.0 Å². The Morgan fingerprint density at radius 3 is 2.50 bits per heavy atom. The first kappa shape index (κ1) is 7.35. The molecule has 2 unspecified atom stereocenters. The molecule has 2 aliphatic carbocycles. The molecule has 2 aliphatic rings. The minimum absolute atomic E-state index is 0.463. The van der Waals surface area contributed by atoms with Crippen molar-refractivity contribution in [3.8, 4) is 0 Å². The van der Waals surface area contributed by atoms with Crippen molar-refractivity contribution in [2.45, 2.75) is 23.0 Å². The summed E-state index contributed by atoms with van der Waals surface area (Å²) in [6, 6.07) is 0. The normalized spacial score (nSPS) is 43.7. The van der Waals surface area contributed by atoms with Crippen molar-refractivity contribution in [3.63, 3.8) is 0 Å². The third kappa shape index (κ3) is 0.918. The number of hydrogen-bond acceptors (Lipinski definition) is 0. The zero-order chi connectivity index (χ0) is 7.19. The predicted octanol–water partition coefficient (Wildman–Crippen LogP) is 3.46. The van der Waals surface area contributed by atoms with Crippen LogP contribution in [0.1, 0.15) is 19.3 Å². The van der Waals surface area contributed by atoms with Crippen LogP contribution in [-0.4, -0.2) is 3.74 Å². The van der Waals surface area contributed by atoms with E-state index in [0.29, 0.717) is 9.15 Å². The van der Waals surface area contributed by atoms with Gasteiger partial charge in [0, 0.05) is 5.41 Å². The summed E-state index contributed by atoms with van der Waals surface area (Å²) >= 11 is 7.22. The summed E-state index contributed by atoms with van der Waals surface area (Å²) in [4.78, 5) is 0. The summed E-state index contributed by atoms with van der Waals surface area (Å²) in [6.45, 7) is 0. The summed E-state index contributed by atoms with van der Waals surface area (Å²) in [5, 5.41) is 0. The van der Waals surface area contributed by atoms with Crippen LogP contribution in [0.5, 0.6) is 0 Å². The van der Waals surface area contributed by atoms with Crippen LogP contribution in [-0.2, 0) is 0 Å². The third-order valence-electron chi connectivity index (χ3n) is 2.76. The highest BCUT2D eigenvalue weighted by Gasteiger charge is 2.44. The van der Waals surface area contributed by atoms with Gasteiger partial charge in [-0.05, 0) is 25.2 Å². The van der Waals surface area contributed by atoms with Crippen LogP contribution in [0.15, 0.2) is 12.2 Å². The molecule has 0 amide bonds. The average Bonchev–Trinajstić information content (AvgIpc) is 2.45. The predicted molar refractivity (Wildman–Crippen MR) is 50.6 cm³/mol. The standard InChI is InChI=1S/C8H10Br2/c9-7(10)8-3-1-6(5-8)2-4-8/h1,3,6-7H,2,4-5H2. The number of fused-ring (bicyclic) bond motifs is 2. The summed E-state index contributed by atoms with van der Waals surface area (Å²) < 4.78 is 0.483. The van der Waals surface area contributed by atoms with Gasteiger partial charge in [0.15, 0.2) is 0 Å². The second-order valence-corrected chi connectivity index (χ2v) is 6.46. The highest BCUT2D eigenvalue weighted by molar-refractivity contribution is 9.24. The van der Waals surface area contributed by atoms with Crippen LogP contribution in [0.3, 0.4) is 0 Å². The second-order valence-electron chi connectivity index (χ2n) is 3.40. The highest BCUT2D eigenvalue weighted by atomic mass is 79.9. The molecule has 0 heterocycles. The maximum Gasteiger partial charge on any atom is 0.0788 e. The van der Waals surface area contributed by atoms with Crippen molar-refractivity contribution >= 4 is 31.9 Å². The van der Waals surface area contributed by atoms with E-state index < -0.39 is 0 Å². The SMILES string of the molecule is BrC(Br)C12C=CC(CC1)C2. The second kappa shape index (κ2) is 2.34. The number of alkyl halides is 2. The maximum atomic E-state index is 3.61. The molecule has 2 heteroatoms. The van der Waals surface area contributed by atoms with Gasteiger partial charge in [0.1, 0.15) is 0 Å². The third-order valence-corrected chi connectivity index (χ3v) is 4.58. The molecule has 0 aromatic rings. The molecule has 0 nitrogen and oxygen atoms in total. The Labute approximate surface area is 78.3 Å². The molecule has 0 radical (unpaired) electrons. The summed E-state index contributed by atoms with van der Waals surface area (Å²) in [5.74, 6) is 0.887. The fourth-order valence-electron chi connectivity index (χ4n) is 2.06. The van der Waals surface area contributed by atoms with E-state index in [9.17, 15) is 0 Å². The van der Waals surface area contributed by atoms with Crippen LogP contribution >= 0.6 is 31.9 Å². The average molecular weight is 266 g/mol. The van der Waals surface area contributed by atoms with Crippen molar-refractivity contribution in [2.24, 2.45) is 11.3 Å². The van der Waals surface area contributed by atoms with E-state index in [1.54, 1.807) is 0 Å². The molecule has 0 spiro atoms. The molecule has 2 atom stereocenters. The Morgan fingerprint density at radius 2 is 2.30 bits per heavy atom. The number of allylic oxidation sites excluding steroid dienone is 2. The molecule has 10 heavy (non-hydrogen) atoms. The van der Waals surface area contributed by atoms with Crippen LogP contribution in [0, 0.1) is 11.3 Å². The summed E-state index contributed by atoms with van der Waals surface area (Å²) in [5.41, 5.74) is 0.463. The first-order valence-corrected chi connectivity index (χ1v) is 5.54. The molecule has 0 N–H and O–H groups in total. The van der Waals surface area contributed by atoms with Crippen LogP contribution in [0.25, 0.3) is 0 Å². The lowest BCUT2D eigenvalue weighted by atomic mass is 9.91. The van der Waals surface area contributed by atoms with E-state index in [2.05, 4.69) is 44.0 Å². The quantitative estimate of drug-likeness (QED) is 0.503.